The Labute approximate surface area is 133 Å². The van der Waals surface area contributed by atoms with Crippen molar-refractivity contribution in [2.45, 2.75) is 44.3 Å². The standard InChI is InChI=1S/C13H24N4O6/c1-2-3-6(14)8(15)9(16-5-19)12(22)17-13-11(21)10(20)7(4-18)23-13/h7,10-11,13,18-21H,2-5,14-15H2,1H3,(H,17,22). The molecule has 10 nitrogen and oxygen atoms in total. The van der Waals surface area contributed by atoms with E-state index in [2.05, 4.69) is 10.3 Å². The number of hydrogen-bond acceptors (Lipinski definition) is 9. The van der Waals surface area contributed by atoms with E-state index in [1.807, 2.05) is 6.92 Å². The zero-order valence-electron chi connectivity index (χ0n) is 12.8. The van der Waals surface area contributed by atoms with E-state index >= 15 is 0 Å². The summed E-state index contributed by atoms with van der Waals surface area (Å²) in [5, 5.41) is 39.7. The minimum absolute atomic E-state index is 0.0786. The van der Waals surface area contributed by atoms with E-state index in [9.17, 15) is 15.0 Å². The number of ether oxygens (including phenoxy) is 1. The summed E-state index contributed by atoms with van der Waals surface area (Å²) >= 11 is 0. The van der Waals surface area contributed by atoms with Crippen LogP contribution in [0, 0.1) is 0 Å². The van der Waals surface area contributed by atoms with Crippen LogP contribution in [0.5, 0.6) is 0 Å². The quantitative estimate of drug-likeness (QED) is 0.238. The first kappa shape index (κ1) is 19.3. The van der Waals surface area contributed by atoms with Crippen molar-refractivity contribution in [3.63, 3.8) is 0 Å². The van der Waals surface area contributed by atoms with Gasteiger partial charge in [0.05, 0.1) is 12.3 Å². The number of nitrogens with zero attached hydrogens (tertiary/aromatic N) is 1. The summed E-state index contributed by atoms with van der Waals surface area (Å²) in [4.78, 5) is 15.8. The topological polar surface area (TPSA) is 184 Å². The maximum atomic E-state index is 12.2. The van der Waals surface area contributed by atoms with Crippen LogP contribution in [0.15, 0.2) is 16.4 Å². The number of aliphatic hydroxyl groups excluding tert-OH is 4. The molecule has 0 bridgehead atoms. The van der Waals surface area contributed by atoms with Gasteiger partial charge >= 0.3 is 0 Å². The number of nitrogens with one attached hydrogen (secondary N) is 1. The fourth-order valence-electron chi connectivity index (χ4n) is 2.12. The van der Waals surface area contributed by atoms with E-state index < -0.39 is 43.8 Å². The summed E-state index contributed by atoms with van der Waals surface area (Å²) in [6, 6.07) is 0. The lowest BCUT2D eigenvalue weighted by atomic mass is 10.1. The van der Waals surface area contributed by atoms with Gasteiger partial charge in [-0.15, -0.1) is 0 Å². The predicted octanol–water partition coefficient (Wildman–Crippen LogP) is -3.14. The molecule has 0 aromatic heterocycles. The maximum absolute atomic E-state index is 12.2. The van der Waals surface area contributed by atoms with Crippen LogP contribution in [0.1, 0.15) is 19.8 Å². The van der Waals surface area contributed by atoms with E-state index in [-0.39, 0.29) is 17.1 Å². The van der Waals surface area contributed by atoms with Crippen LogP contribution in [0.2, 0.25) is 0 Å². The highest BCUT2D eigenvalue weighted by Crippen LogP contribution is 2.19. The summed E-state index contributed by atoms with van der Waals surface area (Å²) in [5.41, 5.74) is 11.4. The van der Waals surface area contributed by atoms with Crippen molar-refractivity contribution >= 4 is 11.6 Å². The zero-order valence-corrected chi connectivity index (χ0v) is 12.8. The van der Waals surface area contributed by atoms with Gasteiger partial charge in [-0.1, -0.05) is 13.3 Å². The van der Waals surface area contributed by atoms with Gasteiger partial charge in [0.1, 0.15) is 30.8 Å². The number of amides is 1. The molecule has 1 aliphatic heterocycles. The van der Waals surface area contributed by atoms with Crippen molar-refractivity contribution in [2.75, 3.05) is 13.3 Å². The molecule has 132 valence electrons. The summed E-state index contributed by atoms with van der Waals surface area (Å²) in [7, 11) is 0. The molecule has 1 aliphatic rings. The second-order valence-corrected chi connectivity index (χ2v) is 5.07. The van der Waals surface area contributed by atoms with E-state index in [4.69, 9.17) is 26.4 Å². The van der Waals surface area contributed by atoms with Gasteiger partial charge in [-0.05, 0) is 6.42 Å². The van der Waals surface area contributed by atoms with Crippen LogP contribution in [0.4, 0.5) is 0 Å². The van der Waals surface area contributed by atoms with Crippen molar-refractivity contribution in [3.05, 3.63) is 11.4 Å². The molecule has 0 spiro atoms. The van der Waals surface area contributed by atoms with E-state index in [1.54, 1.807) is 0 Å². The molecule has 4 atom stereocenters. The average Bonchev–Trinajstić information content (AvgIpc) is 2.79. The van der Waals surface area contributed by atoms with Crippen LogP contribution in [0.25, 0.3) is 0 Å². The van der Waals surface area contributed by atoms with Crippen molar-refractivity contribution in [3.8, 4) is 0 Å². The number of allylic oxidation sites excluding steroid dienone is 1. The van der Waals surface area contributed by atoms with Crippen LogP contribution in [-0.2, 0) is 9.53 Å². The summed E-state index contributed by atoms with van der Waals surface area (Å²) in [6.45, 7) is 0.675. The van der Waals surface area contributed by atoms with E-state index in [0.29, 0.717) is 12.8 Å². The number of aliphatic imine (C=N–C) groups is 1. The van der Waals surface area contributed by atoms with Crippen molar-refractivity contribution in [1.29, 1.82) is 0 Å². The van der Waals surface area contributed by atoms with Gasteiger partial charge < -0.3 is 41.9 Å². The second-order valence-electron chi connectivity index (χ2n) is 5.07. The normalized spacial score (nSPS) is 29.3. The van der Waals surface area contributed by atoms with Gasteiger partial charge in [-0.3, -0.25) is 4.79 Å². The first-order valence-corrected chi connectivity index (χ1v) is 7.20. The third-order valence-electron chi connectivity index (χ3n) is 3.38. The fraction of sp³-hybridized carbons (Fsp3) is 0.692. The van der Waals surface area contributed by atoms with Crippen LogP contribution < -0.4 is 16.8 Å². The minimum atomic E-state index is -1.43. The molecule has 0 aromatic rings. The molecule has 0 aromatic carbocycles. The lowest BCUT2D eigenvalue weighted by Crippen LogP contribution is -2.47. The zero-order chi connectivity index (χ0) is 17.6. The van der Waals surface area contributed by atoms with Gasteiger partial charge in [0.15, 0.2) is 6.23 Å². The van der Waals surface area contributed by atoms with Gasteiger partial charge in [-0.2, -0.15) is 0 Å². The molecule has 1 saturated heterocycles. The molecule has 9 N–H and O–H groups in total. The Morgan fingerprint density at radius 2 is 1.91 bits per heavy atom. The fourth-order valence-corrected chi connectivity index (χ4v) is 2.12. The molecule has 1 fully saturated rings. The highest BCUT2D eigenvalue weighted by atomic mass is 16.6. The maximum Gasteiger partial charge on any atom is 0.273 e. The highest BCUT2D eigenvalue weighted by molar-refractivity contribution is 6.45. The Hall–Kier alpha value is -1.72. The smallest absolute Gasteiger partial charge is 0.273 e. The summed E-state index contributed by atoms with van der Waals surface area (Å²) < 4.78 is 5.13. The lowest BCUT2D eigenvalue weighted by molar-refractivity contribution is -0.121. The van der Waals surface area contributed by atoms with Crippen LogP contribution in [-0.4, -0.2) is 69.9 Å². The summed E-state index contributed by atoms with van der Waals surface area (Å²) in [6.07, 6.45) is -3.90. The molecule has 1 amide bonds. The molecule has 1 heterocycles. The number of nitrogens with two attached hydrogens (primary N) is 2. The number of hydrogen-bond donors (Lipinski definition) is 7. The molecule has 10 heteroatoms. The SMILES string of the molecule is CCCC(N)=C(N)C(=NCO)C(=O)NC1OC(CO)C(O)C1O. The largest absolute Gasteiger partial charge is 0.400 e. The molecule has 23 heavy (non-hydrogen) atoms. The van der Waals surface area contributed by atoms with Gasteiger partial charge in [0.25, 0.3) is 5.91 Å². The van der Waals surface area contributed by atoms with Gasteiger partial charge in [0, 0.05) is 5.70 Å². The molecule has 1 rings (SSSR count). The number of aliphatic hydroxyl groups is 4. The van der Waals surface area contributed by atoms with Gasteiger partial charge in [0.2, 0.25) is 0 Å². The lowest BCUT2D eigenvalue weighted by Gasteiger charge is -2.18. The Morgan fingerprint density at radius 3 is 2.39 bits per heavy atom. The van der Waals surface area contributed by atoms with E-state index in [0.717, 1.165) is 0 Å². The Kier molecular flexibility index (Phi) is 7.39. The second kappa shape index (κ2) is 8.79. The van der Waals surface area contributed by atoms with Crippen molar-refractivity contribution < 1.29 is 30.0 Å². The summed E-state index contributed by atoms with van der Waals surface area (Å²) in [5.74, 6) is -0.828. The Balaban J connectivity index is 2.89. The first-order chi connectivity index (χ1) is 10.9. The number of carbonyl (C=O) groups excluding carboxylic acids is 1. The molecule has 0 radical (unpaired) electrons. The molecule has 4 unspecified atom stereocenters. The number of carbonyl (C=O) groups is 1. The molecular weight excluding hydrogens is 308 g/mol. The first-order valence-electron chi connectivity index (χ1n) is 7.20. The molecule has 0 saturated carbocycles. The number of rotatable bonds is 7. The molecular formula is C13H24N4O6. The Bertz CT molecular complexity index is 481. The molecule has 0 aliphatic carbocycles. The van der Waals surface area contributed by atoms with Crippen molar-refractivity contribution in [1.82, 2.24) is 5.32 Å². The monoisotopic (exact) mass is 332 g/mol. The Morgan fingerprint density at radius 1 is 1.26 bits per heavy atom. The van der Waals surface area contributed by atoms with Crippen LogP contribution in [0.3, 0.4) is 0 Å². The third-order valence-corrected chi connectivity index (χ3v) is 3.38. The van der Waals surface area contributed by atoms with Gasteiger partial charge in [-0.25, -0.2) is 4.99 Å². The van der Waals surface area contributed by atoms with Crippen molar-refractivity contribution in [2.24, 2.45) is 16.5 Å². The predicted molar refractivity (Wildman–Crippen MR) is 80.7 cm³/mol. The third kappa shape index (κ3) is 4.62. The highest BCUT2D eigenvalue weighted by Gasteiger charge is 2.43. The minimum Gasteiger partial charge on any atom is -0.400 e. The average molecular weight is 332 g/mol. The van der Waals surface area contributed by atoms with Crippen LogP contribution >= 0.6 is 0 Å². The van der Waals surface area contributed by atoms with E-state index in [1.165, 1.54) is 0 Å².